The third-order valence-electron chi connectivity index (χ3n) is 1.04. The molecule has 0 N–H and O–H groups in total. The van der Waals surface area contributed by atoms with Gasteiger partial charge in [-0.1, -0.05) is 43.0 Å². The summed E-state index contributed by atoms with van der Waals surface area (Å²) >= 11 is -0.363. The Balaban J connectivity index is 0.000000292. The van der Waals surface area contributed by atoms with Crippen molar-refractivity contribution in [1.29, 1.82) is 0 Å². The third-order valence-corrected chi connectivity index (χ3v) is 1.04. The van der Waals surface area contributed by atoms with Crippen molar-refractivity contribution in [2.45, 2.75) is 0 Å². The van der Waals surface area contributed by atoms with E-state index in [0.29, 0.717) is 0 Å². The third kappa shape index (κ3) is 6.48. The zero-order valence-corrected chi connectivity index (χ0v) is 9.54. The van der Waals surface area contributed by atoms with Gasteiger partial charge in [0.15, 0.2) is 0 Å². The van der Waals surface area contributed by atoms with E-state index in [-0.39, 0.29) is 14.9 Å². The van der Waals surface area contributed by atoms with Gasteiger partial charge >= 0.3 is 34.6 Å². The monoisotopic (exact) mass is 266 g/mol. The van der Waals surface area contributed by atoms with E-state index < -0.39 is 0 Å². The SMILES string of the molecule is C=Cc1ccccc1.[S]=[Mo]=[S]. The maximum absolute atomic E-state index is 4.34. The van der Waals surface area contributed by atoms with Gasteiger partial charge in [-0.25, -0.2) is 0 Å². The van der Waals surface area contributed by atoms with Gasteiger partial charge in [0.2, 0.25) is 0 Å². The van der Waals surface area contributed by atoms with E-state index in [1.165, 1.54) is 5.56 Å². The minimum absolute atomic E-state index is 0.363. The molecule has 0 bridgehead atoms. The predicted molar refractivity (Wildman–Crippen MR) is 51.7 cm³/mol. The number of benzene rings is 1. The van der Waals surface area contributed by atoms with Gasteiger partial charge in [-0.05, 0) is 5.56 Å². The Morgan fingerprint density at radius 2 is 1.64 bits per heavy atom. The van der Waals surface area contributed by atoms with Crippen molar-refractivity contribution < 1.29 is 14.9 Å². The van der Waals surface area contributed by atoms with Crippen molar-refractivity contribution in [3.63, 3.8) is 0 Å². The van der Waals surface area contributed by atoms with Crippen LogP contribution in [0.5, 0.6) is 0 Å². The quantitative estimate of drug-likeness (QED) is 0.710. The van der Waals surface area contributed by atoms with Crippen molar-refractivity contribution in [2.24, 2.45) is 0 Å². The topological polar surface area (TPSA) is 0 Å². The minimum atomic E-state index is -0.363. The van der Waals surface area contributed by atoms with Crippen LogP contribution in [0.1, 0.15) is 5.56 Å². The van der Waals surface area contributed by atoms with Gasteiger partial charge in [0.25, 0.3) is 0 Å². The number of rotatable bonds is 1. The second-order valence-electron chi connectivity index (χ2n) is 1.68. The van der Waals surface area contributed by atoms with Gasteiger partial charge in [-0.3, -0.25) is 0 Å². The molecule has 0 nitrogen and oxygen atoms in total. The van der Waals surface area contributed by atoms with E-state index in [9.17, 15) is 0 Å². The normalized spacial score (nSPS) is 7.27. The Hall–Kier alpha value is 0.0883. The summed E-state index contributed by atoms with van der Waals surface area (Å²) in [6.45, 7) is 3.63. The van der Waals surface area contributed by atoms with E-state index in [0.717, 1.165) is 0 Å². The molecule has 0 aromatic heterocycles. The Morgan fingerprint density at radius 3 is 1.91 bits per heavy atom. The Bertz CT molecular complexity index is 238. The van der Waals surface area contributed by atoms with E-state index in [2.05, 4.69) is 26.2 Å². The Kier molecular flexibility index (Phi) is 8.25. The molecule has 0 amide bonds. The average Bonchev–Trinajstić information content (AvgIpc) is 2.08. The van der Waals surface area contributed by atoms with E-state index >= 15 is 0 Å². The summed E-state index contributed by atoms with van der Waals surface area (Å²) in [5.41, 5.74) is 1.17. The zero-order valence-electron chi connectivity index (χ0n) is 5.90. The van der Waals surface area contributed by atoms with E-state index in [1.54, 1.807) is 0 Å². The second kappa shape index (κ2) is 8.19. The summed E-state index contributed by atoms with van der Waals surface area (Å²) in [6, 6.07) is 10.0. The molecule has 0 radical (unpaired) electrons. The van der Waals surface area contributed by atoms with Gasteiger partial charge in [0.05, 0.1) is 0 Å². The van der Waals surface area contributed by atoms with Crippen LogP contribution in [0.15, 0.2) is 36.9 Å². The van der Waals surface area contributed by atoms with E-state index in [1.807, 2.05) is 36.4 Å². The summed E-state index contributed by atoms with van der Waals surface area (Å²) in [4.78, 5) is 0. The van der Waals surface area contributed by atoms with Crippen LogP contribution < -0.4 is 0 Å². The van der Waals surface area contributed by atoms with Gasteiger partial charge in [0.1, 0.15) is 0 Å². The van der Waals surface area contributed by atoms with Crippen LogP contribution >= 0.6 is 19.6 Å². The molecule has 3 heteroatoms. The van der Waals surface area contributed by atoms with Gasteiger partial charge < -0.3 is 0 Å². The van der Waals surface area contributed by atoms with Crippen molar-refractivity contribution in [3.05, 3.63) is 42.5 Å². The fourth-order valence-corrected chi connectivity index (χ4v) is 0.589. The second-order valence-corrected chi connectivity index (χ2v) is 5.24. The fraction of sp³-hybridized carbons (Fsp3) is 0. The molecule has 0 atom stereocenters. The Labute approximate surface area is 82.8 Å². The molecular weight excluding hydrogens is 256 g/mol. The summed E-state index contributed by atoms with van der Waals surface area (Å²) in [5.74, 6) is 0. The fourth-order valence-electron chi connectivity index (χ4n) is 0.589. The number of hydrogen-bond acceptors (Lipinski definition) is 2. The first kappa shape index (κ1) is 11.1. The first-order chi connectivity index (χ1) is 5.35. The molecule has 1 rings (SSSR count). The molecule has 0 saturated carbocycles. The molecule has 0 saturated heterocycles. The van der Waals surface area contributed by atoms with Crippen LogP contribution in [-0.2, 0) is 14.9 Å². The van der Waals surface area contributed by atoms with Crippen molar-refractivity contribution >= 4 is 25.7 Å². The van der Waals surface area contributed by atoms with Crippen molar-refractivity contribution in [2.75, 3.05) is 0 Å². The summed E-state index contributed by atoms with van der Waals surface area (Å²) in [6.07, 6.45) is 1.83. The van der Waals surface area contributed by atoms with Crippen molar-refractivity contribution in [3.8, 4) is 0 Å². The van der Waals surface area contributed by atoms with Crippen LogP contribution in [0.3, 0.4) is 0 Å². The van der Waals surface area contributed by atoms with E-state index in [4.69, 9.17) is 0 Å². The first-order valence-electron chi connectivity index (χ1n) is 2.94. The van der Waals surface area contributed by atoms with Crippen LogP contribution in [0.25, 0.3) is 6.08 Å². The molecule has 0 unspecified atom stereocenters. The van der Waals surface area contributed by atoms with Gasteiger partial charge in [-0.15, -0.1) is 0 Å². The molecule has 1 aromatic rings. The maximum atomic E-state index is 4.34. The molecule has 0 heterocycles. The van der Waals surface area contributed by atoms with Crippen LogP contribution in [-0.4, -0.2) is 0 Å². The van der Waals surface area contributed by atoms with Gasteiger partial charge in [-0.2, -0.15) is 0 Å². The molecule has 0 fully saturated rings. The molecule has 0 aliphatic carbocycles. The molecule has 1 aromatic carbocycles. The number of hydrogen-bond donors (Lipinski definition) is 0. The summed E-state index contributed by atoms with van der Waals surface area (Å²) in [7, 11) is 8.68. The van der Waals surface area contributed by atoms with Crippen LogP contribution in [0.2, 0.25) is 0 Å². The average molecular weight is 264 g/mol. The standard InChI is InChI=1S/C8H8.Mo.2S/c1-2-8-6-4-3-5-7-8;;;/h2-7H,1H2;;;. The predicted octanol–water partition coefficient (Wildman–Crippen LogP) is 3.62. The first-order valence-corrected chi connectivity index (χ1v) is 8.52. The molecule has 0 aliphatic rings. The summed E-state index contributed by atoms with van der Waals surface area (Å²) < 4.78 is 0. The molecule has 0 spiro atoms. The molecule has 0 aliphatic heterocycles. The molecule has 11 heavy (non-hydrogen) atoms. The van der Waals surface area contributed by atoms with Crippen molar-refractivity contribution in [1.82, 2.24) is 0 Å². The zero-order chi connectivity index (χ0) is 8.53. The van der Waals surface area contributed by atoms with Crippen LogP contribution in [0, 0.1) is 0 Å². The van der Waals surface area contributed by atoms with Gasteiger partial charge in [0, 0.05) is 0 Å². The Morgan fingerprint density at radius 1 is 1.18 bits per heavy atom. The summed E-state index contributed by atoms with van der Waals surface area (Å²) in [5, 5.41) is 0. The molecule has 58 valence electrons. The van der Waals surface area contributed by atoms with Crippen LogP contribution in [0.4, 0.5) is 0 Å². The molecular formula is C8H8MoS2.